The normalized spacial score (nSPS) is 15.9. The molecule has 3 nitrogen and oxygen atoms in total. The fourth-order valence-corrected chi connectivity index (χ4v) is 1.65. The summed E-state index contributed by atoms with van der Waals surface area (Å²) in [6.07, 6.45) is 2.60. The van der Waals surface area contributed by atoms with Crippen molar-refractivity contribution in [3.63, 3.8) is 0 Å². The molecule has 0 bridgehead atoms. The van der Waals surface area contributed by atoms with E-state index < -0.39 is 0 Å². The Morgan fingerprint density at radius 1 is 1.18 bits per heavy atom. The van der Waals surface area contributed by atoms with Gasteiger partial charge in [-0.05, 0) is 33.1 Å². The van der Waals surface area contributed by atoms with Crippen molar-refractivity contribution < 1.29 is 9.47 Å². The maximum absolute atomic E-state index is 5.90. The first-order chi connectivity index (χ1) is 7.89. The molecule has 0 aromatic rings. The predicted molar refractivity (Wildman–Crippen MR) is 73.4 cm³/mol. The smallest absolute Gasteiger partial charge is 0.0932 e. The fraction of sp³-hybridized carbons (Fsp3) is 1.00. The summed E-state index contributed by atoms with van der Waals surface area (Å²) in [6, 6.07) is 0. The maximum Gasteiger partial charge on any atom is 0.0932 e. The largest absolute Gasteiger partial charge is 0.382 e. The van der Waals surface area contributed by atoms with Gasteiger partial charge in [0.25, 0.3) is 0 Å². The summed E-state index contributed by atoms with van der Waals surface area (Å²) in [4.78, 5) is 0. The van der Waals surface area contributed by atoms with Gasteiger partial charge in [-0.25, -0.2) is 0 Å². The summed E-state index contributed by atoms with van der Waals surface area (Å²) in [6.45, 7) is 13.3. The van der Waals surface area contributed by atoms with Crippen molar-refractivity contribution in [2.45, 2.75) is 59.1 Å². The van der Waals surface area contributed by atoms with E-state index in [9.17, 15) is 0 Å². The van der Waals surface area contributed by atoms with Gasteiger partial charge in [-0.2, -0.15) is 0 Å². The second-order valence-corrected chi connectivity index (χ2v) is 5.94. The molecule has 0 spiro atoms. The van der Waals surface area contributed by atoms with E-state index in [1.165, 1.54) is 12.8 Å². The van der Waals surface area contributed by atoms with Gasteiger partial charge in [-0.3, -0.25) is 0 Å². The van der Waals surface area contributed by atoms with Crippen LogP contribution in [0.1, 0.15) is 47.5 Å². The third-order valence-electron chi connectivity index (χ3n) is 2.61. The van der Waals surface area contributed by atoms with Crippen molar-refractivity contribution >= 4 is 0 Å². The molecule has 104 valence electrons. The van der Waals surface area contributed by atoms with Gasteiger partial charge >= 0.3 is 0 Å². The van der Waals surface area contributed by atoms with Gasteiger partial charge in [0.1, 0.15) is 0 Å². The van der Waals surface area contributed by atoms with Crippen molar-refractivity contribution in [2.75, 3.05) is 26.9 Å². The van der Waals surface area contributed by atoms with Crippen LogP contribution in [-0.2, 0) is 9.47 Å². The number of nitrogens with one attached hydrogen (secondary N) is 1. The van der Waals surface area contributed by atoms with Crippen molar-refractivity contribution in [1.29, 1.82) is 0 Å². The van der Waals surface area contributed by atoms with Crippen LogP contribution in [0.3, 0.4) is 0 Å². The molecular weight excluding hydrogens is 214 g/mol. The molecular formula is C14H31NO2. The zero-order valence-corrected chi connectivity index (χ0v) is 12.5. The number of rotatable bonds is 9. The molecule has 0 rings (SSSR count). The summed E-state index contributed by atoms with van der Waals surface area (Å²) < 4.78 is 11.1. The van der Waals surface area contributed by atoms with E-state index in [0.717, 1.165) is 13.2 Å². The third-order valence-corrected chi connectivity index (χ3v) is 2.61. The minimum absolute atomic E-state index is 0.129. The average Bonchev–Trinajstić information content (AvgIpc) is 2.21. The van der Waals surface area contributed by atoms with Crippen LogP contribution in [0.25, 0.3) is 0 Å². The Bertz CT molecular complexity index is 178. The van der Waals surface area contributed by atoms with E-state index in [-0.39, 0.29) is 11.6 Å². The molecule has 0 aromatic carbocycles. The van der Waals surface area contributed by atoms with Crippen LogP contribution in [0.15, 0.2) is 0 Å². The highest BCUT2D eigenvalue weighted by atomic mass is 16.5. The lowest BCUT2D eigenvalue weighted by atomic mass is 10.1. The Hall–Kier alpha value is -0.120. The van der Waals surface area contributed by atoms with E-state index in [0.29, 0.717) is 12.5 Å². The van der Waals surface area contributed by atoms with E-state index in [2.05, 4.69) is 39.9 Å². The third kappa shape index (κ3) is 10.7. The highest BCUT2D eigenvalue weighted by molar-refractivity contribution is 4.73. The summed E-state index contributed by atoms with van der Waals surface area (Å²) in [5.41, 5.74) is 0.129. The maximum atomic E-state index is 5.90. The summed E-state index contributed by atoms with van der Waals surface area (Å²) >= 11 is 0. The van der Waals surface area contributed by atoms with Crippen molar-refractivity contribution in [2.24, 2.45) is 5.92 Å². The molecule has 17 heavy (non-hydrogen) atoms. The second-order valence-electron chi connectivity index (χ2n) is 5.94. The van der Waals surface area contributed by atoms with Crippen LogP contribution in [0, 0.1) is 5.92 Å². The Balaban J connectivity index is 3.89. The van der Waals surface area contributed by atoms with Crippen LogP contribution < -0.4 is 5.32 Å². The van der Waals surface area contributed by atoms with E-state index in [4.69, 9.17) is 9.47 Å². The molecule has 0 saturated carbocycles. The first kappa shape index (κ1) is 16.9. The number of hydrogen-bond donors (Lipinski definition) is 1. The Morgan fingerprint density at radius 3 is 2.29 bits per heavy atom. The zero-order valence-electron chi connectivity index (χ0n) is 12.5. The lowest BCUT2D eigenvalue weighted by Gasteiger charge is -2.26. The van der Waals surface area contributed by atoms with Crippen molar-refractivity contribution in [3.05, 3.63) is 0 Å². The summed E-state index contributed by atoms with van der Waals surface area (Å²) in [7, 11) is 1.73. The molecule has 2 unspecified atom stereocenters. The fourth-order valence-electron chi connectivity index (χ4n) is 1.65. The minimum Gasteiger partial charge on any atom is -0.382 e. The molecule has 0 fully saturated rings. The van der Waals surface area contributed by atoms with Crippen LogP contribution in [0.4, 0.5) is 0 Å². The van der Waals surface area contributed by atoms with Gasteiger partial charge in [-0.15, -0.1) is 0 Å². The molecule has 0 amide bonds. The lowest BCUT2D eigenvalue weighted by Crippen LogP contribution is -2.43. The zero-order chi connectivity index (χ0) is 13.3. The van der Waals surface area contributed by atoms with E-state index >= 15 is 0 Å². The number of ether oxygens (including phenoxy) is 2. The molecule has 0 radical (unpaired) electrons. The van der Waals surface area contributed by atoms with Crippen LogP contribution in [0.5, 0.6) is 0 Å². The van der Waals surface area contributed by atoms with Gasteiger partial charge in [0.2, 0.25) is 0 Å². The number of methoxy groups -OCH3 is 1. The first-order valence-corrected chi connectivity index (χ1v) is 6.74. The lowest BCUT2D eigenvalue weighted by molar-refractivity contribution is -0.0173. The second kappa shape index (κ2) is 8.90. The highest BCUT2D eigenvalue weighted by Gasteiger charge is 2.15. The Morgan fingerprint density at radius 2 is 1.82 bits per heavy atom. The predicted octanol–water partition coefficient (Wildman–Crippen LogP) is 2.84. The van der Waals surface area contributed by atoms with Gasteiger partial charge < -0.3 is 14.8 Å². The molecule has 0 aliphatic carbocycles. The first-order valence-electron chi connectivity index (χ1n) is 6.74. The molecule has 0 aliphatic heterocycles. The Labute approximate surface area is 107 Å². The summed E-state index contributed by atoms with van der Waals surface area (Å²) in [5.74, 6) is 0.633. The SMILES string of the molecule is CCCC(C)COC(CNC(C)(C)C)COC. The van der Waals surface area contributed by atoms with Gasteiger partial charge in [0, 0.05) is 25.8 Å². The highest BCUT2D eigenvalue weighted by Crippen LogP contribution is 2.07. The van der Waals surface area contributed by atoms with Crippen LogP contribution >= 0.6 is 0 Å². The summed E-state index contributed by atoms with van der Waals surface area (Å²) in [5, 5.41) is 3.46. The number of hydrogen-bond acceptors (Lipinski definition) is 3. The van der Waals surface area contributed by atoms with E-state index in [1.54, 1.807) is 7.11 Å². The van der Waals surface area contributed by atoms with Crippen molar-refractivity contribution in [1.82, 2.24) is 5.32 Å². The quantitative estimate of drug-likeness (QED) is 0.677. The Kier molecular flexibility index (Phi) is 8.83. The monoisotopic (exact) mass is 245 g/mol. The molecule has 0 heterocycles. The van der Waals surface area contributed by atoms with Crippen molar-refractivity contribution in [3.8, 4) is 0 Å². The topological polar surface area (TPSA) is 30.5 Å². The molecule has 2 atom stereocenters. The molecule has 3 heteroatoms. The molecule has 0 aromatic heterocycles. The standard InChI is InChI=1S/C14H31NO2/c1-7-8-12(2)10-17-13(11-16-6)9-15-14(3,4)5/h12-13,15H,7-11H2,1-6H3. The minimum atomic E-state index is 0.129. The van der Waals surface area contributed by atoms with Gasteiger partial charge in [0.05, 0.1) is 12.7 Å². The van der Waals surface area contributed by atoms with Gasteiger partial charge in [0.15, 0.2) is 0 Å². The van der Waals surface area contributed by atoms with E-state index in [1.807, 2.05) is 0 Å². The van der Waals surface area contributed by atoms with Crippen LogP contribution in [0.2, 0.25) is 0 Å². The van der Waals surface area contributed by atoms with Gasteiger partial charge in [-0.1, -0.05) is 20.3 Å². The average molecular weight is 245 g/mol. The van der Waals surface area contributed by atoms with Crippen LogP contribution in [-0.4, -0.2) is 38.5 Å². The molecule has 1 N–H and O–H groups in total. The molecule has 0 aliphatic rings. The molecule has 0 saturated heterocycles.